The molecule has 1 aromatic carbocycles. The third-order valence-electron chi connectivity index (χ3n) is 3.95. The molecule has 25 heavy (non-hydrogen) atoms. The molecule has 1 aromatic heterocycles. The number of hydrogen-bond donors (Lipinski definition) is 1. The van der Waals surface area contributed by atoms with Gasteiger partial charge in [0.2, 0.25) is 17.7 Å². The Balaban J connectivity index is 1.46. The van der Waals surface area contributed by atoms with Gasteiger partial charge in [-0.15, -0.1) is 0 Å². The maximum atomic E-state index is 13.1. The van der Waals surface area contributed by atoms with Crippen molar-refractivity contribution in [2.75, 3.05) is 32.1 Å². The van der Waals surface area contributed by atoms with Crippen LogP contribution in [-0.2, 0) is 4.79 Å². The van der Waals surface area contributed by atoms with Gasteiger partial charge in [0.25, 0.3) is 0 Å². The SMILES string of the molecule is COc1ccc(NC(=O)CN2CCC(Oc3cccc(F)n3)C2)cc1. The first kappa shape index (κ1) is 17.2. The fourth-order valence-electron chi connectivity index (χ4n) is 2.74. The first-order valence-electron chi connectivity index (χ1n) is 8.08. The Morgan fingerprint density at radius 3 is 2.84 bits per heavy atom. The molecular formula is C18H20FN3O3. The van der Waals surface area contributed by atoms with E-state index in [0.29, 0.717) is 6.54 Å². The van der Waals surface area contributed by atoms with E-state index in [0.717, 1.165) is 24.4 Å². The van der Waals surface area contributed by atoms with Crippen LogP contribution >= 0.6 is 0 Å². The molecule has 6 nitrogen and oxygen atoms in total. The van der Waals surface area contributed by atoms with Gasteiger partial charge in [-0.3, -0.25) is 9.69 Å². The number of halogens is 1. The second kappa shape index (κ2) is 7.94. The van der Waals surface area contributed by atoms with E-state index < -0.39 is 5.95 Å². The molecule has 0 saturated carbocycles. The number of hydrogen-bond acceptors (Lipinski definition) is 5. The molecule has 1 aliphatic rings. The van der Waals surface area contributed by atoms with E-state index in [4.69, 9.17) is 9.47 Å². The highest BCUT2D eigenvalue weighted by Gasteiger charge is 2.25. The highest BCUT2D eigenvalue weighted by Crippen LogP contribution is 2.18. The molecule has 2 aromatic rings. The average molecular weight is 345 g/mol. The predicted molar refractivity (Wildman–Crippen MR) is 91.3 cm³/mol. The van der Waals surface area contributed by atoms with E-state index in [1.807, 2.05) is 4.90 Å². The van der Waals surface area contributed by atoms with Gasteiger partial charge in [-0.2, -0.15) is 9.37 Å². The van der Waals surface area contributed by atoms with Crippen LogP contribution in [0.1, 0.15) is 6.42 Å². The van der Waals surface area contributed by atoms with Crippen molar-refractivity contribution in [1.29, 1.82) is 0 Å². The summed E-state index contributed by atoms with van der Waals surface area (Å²) in [6.07, 6.45) is 0.677. The second-order valence-corrected chi connectivity index (χ2v) is 5.84. The molecule has 0 aliphatic carbocycles. The number of rotatable bonds is 6. The molecule has 0 spiro atoms. The summed E-state index contributed by atoms with van der Waals surface area (Å²) < 4.78 is 23.8. The van der Waals surface area contributed by atoms with Crippen LogP contribution in [0.4, 0.5) is 10.1 Å². The van der Waals surface area contributed by atoms with Crippen molar-refractivity contribution >= 4 is 11.6 Å². The minimum Gasteiger partial charge on any atom is -0.497 e. The van der Waals surface area contributed by atoms with Crippen LogP contribution in [0.2, 0.25) is 0 Å². The number of nitrogens with one attached hydrogen (secondary N) is 1. The lowest BCUT2D eigenvalue weighted by Crippen LogP contribution is -2.33. The van der Waals surface area contributed by atoms with Crippen molar-refractivity contribution in [2.45, 2.75) is 12.5 Å². The van der Waals surface area contributed by atoms with E-state index in [-0.39, 0.29) is 24.4 Å². The van der Waals surface area contributed by atoms with Crippen LogP contribution in [0, 0.1) is 5.95 Å². The van der Waals surface area contributed by atoms with Crippen LogP contribution in [0.15, 0.2) is 42.5 Å². The Morgan fingerprint density at radius 1 is 1.32 bits per heavy atom. The van der Waals surface area contributed by atoms with Crippen LogP contribution < -0.4 is 14.8 Å². The number of likely N-dealkylation sites (tertiary alicyclic amines) is 1. The highest BCUT2D eigenvalue weighted by molar-refractivity contribution is 5.92. The van der Waals surface area contributed by atoms with Gasteiger partial charge in [0.1, 0.15) is 11.9 Å². The van der Waals surface area contributed by atoms with Crippen LogP contribution in [0.25, 0.3) is 0 Å². The van der Waals surface area contributed by atoms with Crippen molar-refractivity contribution < 1.29 is 18.7 Å². The standard InChI is InChI=1S/C18H20FN3O3/c1-24-14-7-5-13(6-8-14)20-17(23)12-22-10-9-15(11-22)25-18-4-2-3-16(19)21-18/h2-8,15H,9-12H2,1H3,(H,20,23). The zero-order valence-corrected chi connectivity index (χ0v) is 13.9. The van der Waals surface area contributed by atoms with Gasteiger partial charge < -0.3 is 14.8 Å². The van der Waals surface area contributed by atoms with Crippen LogP contribution in [0.5, 0.6) is 11.6 Å². The Kier molecular flexibility index (Phi) is 5.45. The molecule has 1 fully saturated rings. The molecular weight excluding hydrogens is 325 g/mol. The zero-order chi connectivity index (χ0) is 17.6. The summed E-state index contributed by atoms with van der Waals surface area (Å²) in [5, 5.41) is 2.85. The van der Waals surface area contributed by atoms with E-state index >= 15 is 0 Å². The summed E-state index contributed by atoms with van der Waals surface area (Å²) in [6, 6.07) is 11.6. The number of carbonyl (C=O) groups is 1. The molecule has 132 valence electrons. The number of amides is 1. The van der Waals surface area contributed by atoms with Crippen molar-refractivity contribution in [1.82, 2.24) is 9.88 Å². The second-order valence-electron chi connectivity index (χ2n) is 5.84. The molecule has 1 N–H and O–H groups in total. The quantitative estimate of drug-likeness (QED) is 0.814. The average Bonchev–Trinajstić information content (AvgIpc) is 3.02. The number of benzene rings is 1. The first-order chi connectivity index (χ1) is 12.1. The van der Waals surface area contributed by atoms with Crippen molar-refractivity contribution in [3.8, 4) is 11.6 Å². The molecule has 1 saturated heterocycles. The topological polar surface area (TPSA) is 63.7 Å². The Bertz CT molecular complexity index is 724. The smallest absolute Gasteiger partial charge is 0.238 e. The van der Waals surface area contributed by atoms with Crippen molar-refractivity contribution in [3.05, 3.63) is 48.4 Å². The fourth-order valence-corrected chi connectivity index (χ4v) is 2.74. The zero-order valence-electron chi connectivity index (χ0n) is 13.9. The third kappa shape index (κ3) is 4.90. The minimum atomic E-state index is -0.564. The lowest BCUT2D eigenvalue weighted by molar-refractivity contribution is -0.117. The number of aromatic nitrogens is 1. The van der Waals surface area contributed by atoms with Crippen LogP contribution in [-0.4, -0.2) is 48.6 Å². The number of ether oxygens (including phenoxy) is 2. The minimum absolute atomic E-state index is 0.0882. The summed E-state index contributed by atoms with van der Waals surface area (Å²) in [7, 11) is 1.60. The maximum absolute atomic E-state index is 13.1. The summed E-state index contributed by atoms with van der Waals surface area (Å²) in [5.74, 6) is 0.360. The van der Waals surface area contributed by atoms with Crippen molar-refractivity contribution in [3.63, 3.8) is 0 Å². The molecule has 0 bridgehead atoms. The molecule has 1 atom stereocenters. The summed E-state index contributed by atoms with van der Waals surface area (Å²) in [6.45, 7) is 1.63. The van der Waals surface area contributed by atoms with E-state index in [1.54, 1.807) is 43.5 Å². The molecule has 1 amide bonds. The van der Waals surface area contributed by atoms with Gasteiger partial charge in [0, 0.05) is 24.8 Å². The maximum Gasteiger partial charge on any atom is 0.238 e. The molecule has 0 radical (unpaired) electrons. The lowest BCUT2D eigenvalue weighted by Gasteiger charge is -2.16. The molecule has 3 rings (SSSR count). The summed E-state index contributed by atoms with van der Waals surface area (Å²) >= 11 is 0. The van der Waals surface area contributed by atoms with Gasteiger partial charge in [-0.25, -0.2) is 0 Å². The molecule has 7 heteroatoms. The Morgan fingerprint density at radius 2 is 2.12 bits per heavy atom. The summed E-state index contributed by atoms with van der Waals surface area (Å²) in [4.78, 5) is 17.8. The first-order valence-corrected chi connectivity index (χ1v) is 8.08. The van der Waals surface area contributed by atoms with E-state index in [2.05, 4.69) is 10.3 Å². The Labute approximate surface area is 145 Å². The van der Waals surface area contributed by atoms with Crippen LogP contribution in [0.3, 0.4) is 0 Å². The lowest BCUT2D eigenvalue weighted by atomic mass is 10.3. The third-order valence-corrected chi connectivity index (χ3v) is 3.95. The number of methoxy groups -OCH3 is 1. The molecule has 1 aliphatic heterocycles. The fraction of sp³-hybridized carbons (Fsp3) is 0.333. The van der Waals surface area contributed by atoms with E-state index in [9.17, 15) is 9.18 Å². The number of pyridine rings is 1. The van der Waals surface area contributed by atoms with Gasteiger partial charge in [-0.05, 0) is 36.8 Å². The predicted octanol–water partition coefficient (Wildman–Crippen LogP) is 2.32. The van der Waals surface area contributed by atoms with Gasteiger partial charge >= 0.3 is 0 Å². The Hall–Kier alpha value is -2.67. The molecule has 2 heterocycles. The van der Waals surface area contributed by atoms with Gasteiger partial charge in [0.15, 0.2) is 0 Å². The van der Waals surface area contributed by atoms with Gasteiger partial charge in [-0.1, -0.05) is 6.07 Å². The normalized spacial score (nSPS) is 17.3. The summed E-state index contributed by atoms with van der Waals surface area (Å²) in [5.41, 5.74) is 0.724. The molecule has 1 unspecified atom stereocenters. The number of nitrogens with zero attached hydrogens (tertiary/aromatic N) is 2. The monoisotopic (exact) mass is 345 g/mol. The highest BCUT2D eigenvalue weighted by atomic mass is 19.1. The van der Waals surface area contributed by atoms with Crippen molar-refractivity contribution in [2.24, 2.45) is 0 Å². The largest absolute Gasteiger partial charge is 0.497 e. The number of anilines is 1. The van der Waals surface area contributed by atoms with E-state index in [1.165, 1.54) is 6.07 Å². The number of carbonyl (C=O) groups excluding carboxylic acids is 1. The van der Waals surface area contributed by atoms with Gasteiger partial charge in [0.05, 0.1) is 13.7 Å².